The summed E-state index contributed by atoms with van der Waals surface area (Å²) in [7, 11) is 3.76. The van der Waals surface area contributed by atoms with Crippen molar-refractivity contribution in [2.24, 2.45) is 0 Å². The summed E-state index contributed by atoms with van der Waals surface area (Å²) >= 11 is 0. The van der Waals surface area contributed by atoms with Crippen molar-refractivity contribution in [1.29, 1.82) is 0 Å². The molecule has 0 aliphatic carbocycles. The lowest BCUT2D eigenvalue weighted by Crippen LogP contribution is -2.36. The van der Waals surface area contributed by atoms with Crippen molar-refractivity contribution in [3.63, 3.8) is 0 Å². The Kier molecular flexibility index (Phi) is 4.26. The number of aliphatic hydroxyl groups is 1. The zero-order chi connectivity index (χ0) is 17.3. The normalized spacial score (nSPS) is 18.0. The molecule has 7 nitrogen and oxygen atoms in total. The first-order valence-corrected chi connectivity index (χ1v) is 7.51. The largest absolute Gasteiger partial charge is 0.503 e. The molecule has 1 aliphatic rings. The number of hydrogen-bond acceptors (Lipinski definition) is 6. The van der Waals surface area contributed by atoms with Gasteiger partial charge in [-0.3, -0.25) is 9.59 Å². The van der Waals surface area contributed by atoms with Crippen LogP contribution in [0.2, 0.25) is 0 Å². The monoisotopic (exact) mass is 330 g/mol. The van der Waals surface area contributed by atoms with E-state index in [4.69, 9.17) is 8.83 Å². The minimum absolute atomic E-state index is 0.0244. The van der Waals surface area contributed by atoms with Crippen LogP contribution in [0.1, 0.15) is 22.4 Å². The summed E-state index contributed by atoms with van der Waals surface area (Å²) < 4.78 is 10.5. The molecule has 1 amide bonds. The van der Waals surface area contributed by atoms with E-state index in [1.165, 1.54) is 23.5 Å². The Balaban J connectivity index is 2.01. The molecule has 1 atom stereocenters. The number of carbonyl (C=O) groups is 2. The molecule has 1 N–H and O–H groups in total. The van der Waals surface area contributed by atoms with Gasteiger partial charge in [0, 0.05) is 13.1 Å². The number of carbonyl (C=O) groups excluding carboxylic acids is 2. The third kappa shape index (κ3) is 2.74. The predicted octanol–water partition coefficient (Wildman–Crippen LogP) is 2.01. The molecule has 0 bridgehead atoms. The van der Waals surface area contributed by atoms with Crippen molar-refractivity contribution >= 4 is 11.7 Å². The molecule has 0 saturated heterocycles. The van der Waals surface area contributed by atoms with Gasteiger partial charge in [0.1, 0.15) is 11.8 Å². The van der Waals surface area contributed by atoms with Gasteiger partial charge < -0.3 is 23.7 Å². The highest BCUT2D eigenvalue weighted by Gasteiger charge is 2.45. The molecule has 126 valence electrons. The van der Waals surface area contributed by atoms with Crippen LogP contribution in [-0.4, -0.2) is 53.8 Å². The van der Waals surface area contributed by atoms with Crippen molar-refractivity contribution < 1.29 is 23.5 Å². The number of likely N-dealkylation sites (N-methyl/N-ethyl adjacent to an activating group) is 1. The van der Waals surface area contributed by atoms with Crippen LogP contribution in [0.5, 0.6) is 0 Å². The number of aliphatic hydroxyl groups excluding tert-OH is 1. The van der Waals surface area contributed by atoms with Crippen LogP contribution < -0.4 is 0 Å². The van der Waals surface area contributed by atoms with Crippen molar-refractivity contribution in [2.45, 2.75) is 6.04 Å². The number of Topliss-reactive ketones (excluding diaryl/α,β-unsaturated/α-hetero) is 1. The highest BCUT2D eigenvalue weighted by atomic mass is 16.3. The average molecular weight is 330 g/mol. The third-order valence-electron chi connectivity index (χ3n) is 3.89. The SMILES string of the molecule is CN(C)CCN1C(=O)C(O)=C(C(=O)c2ccco2)[C@H]1c1ccco1. The Morgan fingerprint density at radius 1 is 1.25 bits per heavy atom. The van der Waals surface area contributed by atoms with Gasteiger partial charge in [-0.15, -0.1) is 0 Å². The van der Waals surface area contributed by atoms with E-state index in [1.54, 1.807) is 18.2 Å². The quantitative estimate of drug-likeness (QED) is 0.815. The molecule has 0 unspecified atom stereocenters. The summed E-state index contributed by atoms with van der Waals surface area (Å²) in [6, 6.07) is 5.65. The lowest BCUT2D eigenvalue weighted by molar-refractivity contribution is -0.129. The summed E-state index contributed by atoms with van der Waals surface area (Å²) in [5.74, 6) is -1.19. The molecular weight excluding hydrogens is 312 g/mol. The summed E-state index contributed by atoms with van der Waals surface area (Å²) in [5.41, 5.74) is -0.0244. The lowest BCUT2D eigenvalue weighted by atomic mass is 10.00. The summed E-state index contributed by atoms with van der Waals surface area (Å²) in [6.07, 6.45) is 2.83. The van der Waals surface area contributed by atoms with E-state index in [9.17, 15) is 14.7 Å². The molecule has 7 heteroatoms. The Morgan fingerprint density at radius 3 is 2.54 bits per heavy atom. The van der Waals surface area contributed by atoms with Crippen LogP contribution in [0.25, 0.3) is 0 Å². The van der Waals surface area contributed by atoms with Crippen LogP contribution >= 0.6 is 0 Å². The van der Waals surface area contributed by atoms with Gasteiger partial charge >= 0.3 is 0 Å². The summed E-state index contributed by atoms with van der Waals surface area (Å²) in [4.78, 5) is 28.5. The number of amides is 1. The highest BCUT2D eigenvalue weighted by molar-refractivity contribution is 6.14. The first-order valence-electron chi connectivity index (χ1n) is 7.51. The fraction of sp³-hybridized carbons (Fsp3) is 0.294. The molecule has 2 aromatic heterocycles. The second-order valence-electron chi connectivity index (χ2n) is 5.79. The van der Waals surface area contributed by atoms with Crippen molar-refractivity contribution in [1.82, 2.24) is 9.80 Å². The Bertz CT molecular complexity index is 759. The second-order valence-corrected chi connectivity index (χ2v) is 5.79. The van der Waals surface area contributed by atoms with Crippen LogP contribution in [0, 0.1) is 0 Å². The Hall–Kier alpha value is -2.80. The number of furan rings is 2. The van der Waals surface area contributed by atoms with Gasteiger partial charge in [0.15, 0.2) is 11.5 Å². The molecule has 3 rings (SSSR count). The van der Waals surface area contributed by atoms with Gasteiger partial charge in [0.2, 0.25) is 5.78 Å². The van der Waals surface area contributed by atoms with E-state index >= 15 is 0 Å². The number of hydrogen-bond donors (Lipinski definition) is 1. The van der Waals surface area contributed by atoms with Gasteiger partial charge in [-0.1, -0.05) is 0 Å². The third-order valence-corrected chi connectivity index (χ3v) is 3.89. The number of rotatable bonds is 6. The molecule has 3 heterocycles. The van der Waals surface area contributed by atoms with Gasteiger partial charge in [-0.2, -0.15) is 0 Å². The molecule has 0 fully saturated rings. The fourth-order valence-electron chi connectivity index (χ4n) is 2.71. The topological polar surface area (TPSA) is 87.1 Å². The van der Waals surface area contributed by atoms with E-state index in [2.05, 4.69) is 0 Å². The van der Waals surface area contributed by atoms with Crippen LogP contribution in [0.4, 0.5) is 0 Å². The standard InChI is InChI=1S/C17H18N2O5/c1-18(2)7-8-19-14(11-5-3-9-23-11)13(16(21)17(19)22)15(20)12-6-4-10-24-12/h3-6,9-10,14,21H,7-8H2,1-2H3/t14-/m1/s1. The van der Waals surface area contributed by atoms with Crippen LogP contribution in [0.3, 0.4) is 0 Å². The minimum atomic E-state index is -0.773. The summed E-state index contributed by atoms with van der Waals surface area (Å²) in [6.45, 7) is 0.925. The van der Waals surface area contributed by atoms with Gasteiger partial charge in [0.05, 0.1) is 18.1 Å². The predicted molar refractivity (Wildman–Crippen MR) is 84.4 cm³/mol. The van der Waals surface area contributed by atoms with E-state index in [0.29, 0.717) is 18.8 Å². The fourth-order valence-corrected chi connectivity index (χ4v) is 2.71. The van der Waals surface area contributed by atoms with Crippen molar-refractivity contribution in [2.75, 3.05) is 27.2 Å². The smallest absolute Gasteiger partial charge is 0.290 e. The Labute approximate surface area is 138 Å². The molecular formula is C17H18N2O5. The molecule has 0 aromatic carbocycles. The maximum absolute atomic E-state index is 12.7. The maximum Gasteiger partial charge on any atom is 0.290 e. The van der Waals surface area contributed by atoms with Gasteiger partial charge in [0.25, 0.3) is 5.91 Å². The van der Waals surface area contributed by atoms with E-state index < -0.39 is 23.5 Å². The summed E-state index contributed by atoms with van der Waals surface area (Å²) in [5, 5.41) is 10.3. The molecule has 2 aromatic rings. The molecule has 0 spiro atoms. The zero-order valence-corrected chi connectivity index (χ0v) is 13.4. The maximum atomic E-state index is 12.7. The highest BCUT2D eigenvalue weighted by Crippen LogP contribution is 2.38. The first kappa shape index (κ1) is 16.1. The van der Waals surface area contributed by atoms with E-state index in [1.807, 2.05) is 19.0 Å². The van der Waals surface area contributed by atoms with Gasteiger partial charge in [-0.05, 0) is 38.4 Å². The lowest BCUT2D eigenvalue weighted by Gasteiger charge is -2.26. The molecule has 1 aliphatic heterocycles. The Morgan fingerprint density at radius 2 is 1.96 bits per heavy atom. The van der Waals surface area contributed by atoms with E-state index in [0.717, 1.165) is 0 Å². The van der Waals surface area contributed by atoms with Gasteiger partial charge in [-0.25, -0.2) is 0 Å². The van der Waals surface area contributed by atoms with Crippen LogP contribution in [-0.2, 0) is 4.79 Å². The average Bonchev–Trinajstić information content (AvgIpc) is 3.27. The zero-order valence-electron chi connectivity index (χ0n) is 13.4. The molecule has 24 heavy (non-hydrogen) atoms. The van der Waals surface area contributed by atoms with Crippen molar-refractivity contribution in [3.05, 3.63) is 59.6 Å². The van der Waals surface area contributed by atoms with Crippen molar-refractivity contribution in [3.8, 4) is 0 Å². The molecule has 0 saturated carbocycles. The second kappa shape index (κ2) is 6.37. The number of ketones is 1. The first-order chi connectivity index (χ1) is 11.5. The number of nitrogens with zero attached hydrogens (tertiary/aromatic N) is 2. The minimum Gasteiger partial charge on any atom is -0.503 e. The van der Waals surface area contributed by atoms with Crippen LogP contribution in [0.15, 0.2) is 57.0 Å². The van der Waals surface area contributed by atoms with E-state index in [-0.39, 0.29) is 11.3 Å². The molecule has 0 radical (unpaired) electrons.